The summed E-state index contributed by atoms with van der Waals surface area (Å²) in [4.78, 5) is 39.9. The van der Waals surface area contributed by atoms with Crippen LogP contribution in [0.4, 0.5) is 10.5 Å². The van der Waals surface area contributed by atoms with Crippen LogP contribution < -0.4 is 14.9 Å². The molecule has 1 saturated heterocycles. The van der Waals surface area contributed by atoms with E-state index in [0.29, 0.717) is 36.9 Å². The second-order valence-corrected chi connectivity index (χ2v) is 7.22. The first-order valence-corrected chi connectivity index (χ1v) is 10.1. The van der Waals surface area contributed by atoms with E-state index < -0.39 is 6.09 Å². The molecule has 2 amide bonds. The van der Waals surface area contributed by atoms with Gasteiger partial charge < -0.3 is 19.8 Å². The van der Waals surface area contributed by atoms with Crippen molar-refractivity contribution in [2.75, 3.05) is 25.0 Å². The van der Waals surface area contributed by atoms with Gasteiger partial charge in [0, 0.05) is 30.9 Å². The number of rotatable bonds is 6. The molecule has 1 fully saturated rings. The molecule has 9 heteroatoms. The summed E-state index contributed by atoms with van der Waals surface area (Å²) in [6.07, 6.45) is 7.72. The Morgan fingerprint density at radius 1 is 1.10 bits per heavy atom. The Bertz CT molecular complexity index is 985. The Balaban J connectivity index is 1.22. The molecule has 1 aliphatic rings. The fourth-order valence-electron chi connectivity index (χ4n) is 3.26. The number of carbonyl (C=O) groups is 2. The molecule has 160 valence electrons. The fraction of sp³-hybridized carbons (Fsp3) is 0.273. The Hall–Kier alpha value is -3.88. The summed E-state index contributed by atoms with van der Waals surface area (Å²) in [5, 5.41) is 2.76. The van der Waals surface area contributed by atoms with E-state index in [4.69, 9.17) is 9.57 Å². The van der Waals surface area contributed by atoms with E-state index in [2.05, 4.69) is 15.3 Å². The van der Waals surface area contributed by atoms with Crippen LogP contribution in [0.15, 0.2) is 67.4 Å². The van der Waals surface area contributed by atoms with Gasteiger partial charge in [-0.25, -0.2) is 14.8 Å². The van der Waals surface area contributed by atoms with Gasteiger partial charge in [0.1, 0.15) is 12.9 Å². The average Bonchev–Trinajstić information content (AvgIpc) is 3.33. The van der Waals surface area contributed by atoms with Crippen LogP contribution in [0.3, 0.4) is 0 Å². The summed E-state index contributed by atoms with van der Waals surface area (Å²) in [6, 6.07) is 12.1. The first kappa shape index (κ1) is 20.4. The van der Waals surface area contributed by atoms with Crippen molar-refractivity contribution in [2.45, 2.75) is 12.8 Å². The third kappa shape index (κ3) is 5.59. The van der Waals surface area contributed by atoms with E-state index in [0.717, 1.165) is 12.8 Å². The molecule has 4 rings (SSSR count). The van der Waals surface area contributed by atoms with Crippen LogP contribution in [0.5, 0.6) is 5.88 Å². The highest BCUT2D eigenvalue weighted by atomic mass is 16.7. The summed E-state index contributed by atoms with van der Waals surface area (Å²) >= 11 is 0. The number of anilines is 1. The van der Waals surface area contributed by atoms with Gasteiger partial charge >= 0.3 is 6.09 Å². The molecule has 2 aromatic heterocycles. The number of nitrogens with one attached hydrogen (secondary N) is 1. The molecule has 0 unspecified atom stereocenters. The second kappa shape index (κ2) is 9.75. The highest BCUT2D eigenvalue weighted by Crippen LogP contribution is 2.19. The first-order valence-electron chi connectivity index (χ1n) is 10.1. The van der Waals surface area contributed by atoms with Crippen molar-refractivity contribution in [3.05, 3.63) is 72.9 Å². The van der Waals surface area contributed by atoms with Gasteiger partial charge in [0.05, 0.1) is 18.1 Å². The van der Waals surface area contributed by atoms with Crippen molar-refractivity contribution in [3.63, 3.8) is 0 Å². The van der Waals surface area contributed by atoms with E-state index in [-0.39, 0.29) is 11.8 Å². The predicted molar refractivity (Wildman–Crippen MR) is 113 cm³/mol. The minimum atomic E-state index is -0.428. The molecule has 0 spiro atoms. The molecule has 0 bridgehead atoms. The van der Waals surface area contributed by atoms with Gasteiger partial charge in [0.25, 0.3) is 5.91 Å². The molecular formula is C22H23N5O4. The maximum absolute atomic E-state index is 12.4. The molecule has 1 aliphatic heterocycles. The zero-order valence-electron chi connectivity index (χ0n) is 16.9. The lowest BCUT2D eigenvalue weighted by Gasteiger charge is -2.30. The zero-order valence-corrected chi connectivity index (χ0v) is 16.9. The number of amides is 2. The highest BCUT2D eigenvalue weighted by molar-refractivity contribution is 6.04. The number of nitrogens with zero attached hydrogens (tertiary/aromatic N) is 4. The number of likely N-dealkylation sites (tertiary alicyclic amines) is 1. The zero-order chi connectivity index (χ0) is 21.5. The van der Waals surface area contributed by atoms with Gasteiger partial charge in [-0.3, -0.25) is 4.79 Å². The summed E-state index contributed by atoms with van der Waals surface area (Å²) < 4.78 is 6.95. The van der Waals surface area contributed by atoms with Crippen LogP contribution in [-0.2, 0) is 0 Å². The number of pyridine rings is 1. The van der Waals surface area contributed by atoms with Crippen LogP contribution in [-0.4, -0.2) is 51.3 Å². The van der Waals surface area contributed by atoms with E-state index in [1.54, 1.807) is 64.7 Å². The van der Waals surface area contributed by atoms with Gasteiger partial charge in [-0.15, -0.1) is 0 Å². The van der Waals surface area contributed by atoms with E-state index in [1.165, 1.54) is 6.20 Å². The van der Waals surface area contributed by atoms with Crippen molar-refractivity contribution >= 4 is 17.7 Å². The van der Waals surface area contributed by atoms with E-state index >= 15 is 0 Å². The predicted octanol–water partition coefficient (Wildman–Crippen LogP) is 2.87. The van der Waals surface area contributed by atoms with Gasteiger partial charge in [-0.1, -0.05) is 18.2 Å². The number of hydrogen-bond acceptors (Lipinski definition) is 6. The minimum absolute atomic E-state index is 0.188. The Labute approximate surface area is 179 Å². The lowest BCUT2D eigenvalue weighted by molar-refractivity contribution is 0.0540. The average molecular weight is 421 g/mol. The number of hydrogen-bond donors (Lipinski definition) is 1. The number of benzene rings is 1. The van der Waals surface area contributed by atoms with Gasteiger partial charge in [-0.05, 0) is 37.0 Å². The lowest BCUT2D eigenvalue weighted by atomic mass is 9.98. The maximum Gasteiger partial charge on any atom is 0.416 e. The van der Waals surface area contributed by atoms with Gasteiger partial charge in [0.15, 0.2) is 0 Å². The van der Waals surface area contributed by atoms with Crippen molar-refractivity contribution in [3.8, 4) is 5.88 Å². The summed E-state index contributed by atoms with van der Waals surface area (Å²) in [6.45, 7) is 1.78. The number of aromatic nitrogens is 3. The number of ether oxygens (including phenoxy) is 1. The van der Waals surface area contributed by atoms with Gasteiger partial charge in [-0.2, -0.15) is 4.73 Å². The smallest absolute Gasteiger partial charge is 0.413 e. The molecular weight excluding hydrogens is 398 g/mol. The van der Waals surface area contributed by atoms with Crippen LogP contribution in [0.2, 0.25) is 0 Å². The highest BCUT2D eigenvalue weighted by Gasteiger charge is 2.25. The molecule has 0 atom stereocenters. The van der Waals surface area contributed by atoms with Crippen molar-refractivity contribution in [1.29, 1.82) is 0 Å². The Kier molecular flexibility index (Phi) is 6.41. The standard InChI is InChI=1S/C22H23N5O4/c28-21(18-4-2-1-3-5-18)25-19-6-7-20(24-14-19)31-22(29)26-11-8-17(9-12-26)15-30-27-13-10-23-16-27/h1-7,10,13-14,16-17H,8-9,11-12,15H2,(H,25,28). The largest absolute Gasteiger partial charge is 0.416 e. The molecule has 1 N–H and O–H groups in total. The van der Waals surface area contributed by atoms with E-state index in [9.17, 15) is 9.59 Å². The normalized spacial score (nSPS) is 14.1. The quantitative estimate of drug-likeness (QED) is 0.657. The molecule has 3 aromatic rings. The monoisotopic (exact) mass is 421 g/mol. The van der Waals surface area contributed by atoms with Crippen molar-refractivity contribution in [1.82, 2.24) is 19.6 Å². The van der Waals surface area contributed by atoms with Crippen molar-refractivity contribution < 1.29 is 19.2 Å². The van der Waals surface area contributed by atoms with Crippen LogP contribution in [0.25, 0.3) is 0 Å². The topological polar surface area (TPSA) is 98.6 Å². The van der Waals surface area contributed by atoms with E-state index in [1.807, 2.05) is 6.07 Å². The Morgan fingerprint density at radius 2 is 1.90 bits per heavy atom. The third-order valence-corrected chi connectivity index (χ3v) is 5.03. The summed E-state index contributed by atoms with van der Waals surface area (Å²) in [7, 11) is 0. The second-order valence-electron chi connectivity index (χ2n) is 7.22. The SMILES string of the molecule is O=C(Nc1ccc(OC(=O)N2CCC(COn3ccnc3)CC2)nc1)c1ccccc1. The van der Waals surface area contributed by atoms with Crippen molar-refractivity contribution in [2.24, 2.45) is 5.92 Å². The molecule has 1 aromatic carbocycles. The summed E-state index contributed by atoms with van der Waals surface area (Å²) in [5.74, 6) is 0.331. The van der Waals surface area contributed by atoms with Crippen LogP contribution in [0, 0.1) is 5.92 Å². The first-order chi connectivity index (χ1) is 15.2. The number of piperidine rings is 1. The fourth-order valence-corrected chi connectivity index (χ4v) is 3.26. The number of carbonyl (C=O) groups excluding carboxylic acids is 2. The molecule has 9 nitrogen and oxygen atoms in total. The molecule has 31 heavy (non-hydrogen) atoms. The third-order valence-electron chi connectivity index (χ3n) is 5.03. The van der Waals surface area contributed by atoms with Crippen LogP contribution in [0.1, 0.15) is 23.2 Å². The summed E-state index contributed by atoms with van der Waals surface area (Å²) in [5.41, 5.74) is 1.07. The lowest BCUT2D eigenvalue weighted by Crippen LogP contribution is -2.41. The van der Waals surface area contributed by atoms with Gasteiger partial charge in [0.2, 0.25) is 5.88 Å². The van der Waals surface area contributed by atoms with Crippen LogP contribution >= 0.6 is 0 Å². The number of imidazole rings is 1. The molecule has 0 radical (unpaired) electrons. The molecule has 0 saturated carbocycles. The Morgan fingerprint density at radius 3 is 2.58 bits per heavy atom. The molecule has 3 heterocycles. The minimum Gasteiger partial charge on any atom is -0.413 e. The molecule has 0 aliphatic carbocycles. The maximum atomic E-state index is 12.4.